The summed E-state index contributed by atoms with van der Waals surface area (Å²) >= 11 is 0. The van der Waals surface area contributed by atoms with E-state index in [9.17, 15) is 0 Å². The molecule has 0 amide bonds. The normalized spacial score (nSPS) is 23.1. The van der Waals surface area contributed by atoms with Crippen LogP contribution in [0.4, 0.5) is 0 Å². The number of likely N-dealkylation sites (tertiary alicyclic amines) is 1. The summed E-state index contributed by atoms with van der Waals surface area (Å²) in [7, 11) is 0. The second-order valence-corrected chi connectivity index (χ2v) is 5.92. The first kappa shape index (κ1) is 14.0. The maximum absolute atomic E-state index is 5.43. The fourth-order valence-electron chi connectivity index (χ4n) is 3.48. The van der Waals surface area contributed by atoms with Gasteiger partial charge in [0.25, 0.3) is 0 Å². The van der Waals surface area contributed by atoms with Crippen LogP contribution in [0.3, 0.4) is 0 Å². The van der Waals surface area contributed by atoms with Crippen LogP contribution in [-0.4, -0.2) is 52.5 Å². The van der Waals surface area contributed by atoms with Crippen molar-refractivity contribution in [3.63, 3.8) is 0 Å². The van der Waals surface area contributed by atoms with Gasteiger partial charge in [-0.05, 0) is 39.2 Å². The molecule has 2 aliphatic heterocycles. The zero-order valence-corrected chi connectivity index (χ0v) is 12.6. The average molecular weight is 278 g/mol. The van der Waals surface area contributed by atoms with Crippen molar-refractivity contribution in [2.45, 2.75) is 51.5 Å². The lowest BCUT2D eigenvalue weighted by molar-refractivity contribution is 0.123. The van der Waals surface area contributed by atoms with E-state index in [-0.39, 0.29) is 0 Å². The summed E-state index contributed by atoms with van der Waals surface area (Å²) in [4.78, 5) is 2.57. The predicted molar refractivity (Wildman–Crippen MR) is 77.9 cm³/mol. The molecule has 0 aromatic carbocycles. The van der Waals surface area contributed by atoms with E-state index in [1.807, 2.05) is 0 Å². The van der Waals surface area contributed by atoms with Gasteiger partial charge >= 0.3 is 0 Å². The van der Waals surface area contributed by atoms with Crippen molar-refractivity contribution in [3.8, 4) is 0 Å². The molecule has 0 saturated carbocycles. The molecule has 0 spiro atoms. The fourth-order valence-corrected chi connectivity index (χ4v) is 3.48. The number of nitrogens with zero attached hydrogens (tertiary/aromatic N) is 4. The molecule has 5 heteroatoms. The third-order valence-electron chi connectivity index (χ3n) is 4.48. The van der Waals surface area contributed by atoms with Gasteiger partial charge in [0.05, 0.1) is 0 Å². The molecule has 20 heavy (non-hydrogen) atoms. The zero-order valence-electron chi connectivity index (χ0n) is 12.6. The fraction of sp³-hybridized carbons (Fsp3) is 0.867. The average Bonchev–Trinajstić information content (AvgIpc) is 3.06. The van der Waals surface area contributed by atoms with Crippen LogP contribution in [-0.2, 0) is 17.7 Å². The summed E-state index contributed by atoms with van der Waals surface area (Å²) in [6, 6.07) is 0. The van der Waals surface area contributed by atoms with Gasteiger partial charge in [0.1, 0.15) is 11.6 Å². The number of ether oxygens (including phenoxy) is 1. The van der Waals surface area contributed by atoms with E-state index in [0.29, 0.717) is 5.92 Å². The van der Waals surface area contributed by atoms with Gasteiger partial charge in [0.15, 0.2) is 0 Å². The third-order valence-corrected chi connectivity index (χ3v) is 4.48. The molecule has 0 radical (unpaired) electrons. The van der Waals surface area contributed by atoms with Gasteiger partial charge in [0.2, 0.25) is 0 Å². The van der Waals surface area contributed by atoms with Crippen LogP contribution in [0.15, 0.2) is 0 Å². The molecule has 3 rings (SSSR count). The van der Waals surface area contributed by atoms with Crippen molar-refractivity contribution in [2.75, 3.05) is 32.8 Å². The lowest BCUT2D eigenvalue weighted by atomic mass is 9.97. The van der Waals surface area contributed by atoms with Gasteiger partial charge in [-0.2, -0.15) is 0 Å². The molecular formula is C15H26N4O. The van der Waals surface area contributed by atoms with Crippen LogP contribution in [0.5, 0.6) is 0 Å². The number of aryl methyl sites for hydroxylation is 1. The van der Waals surface area contributed by atoms with E-state index in [4.69, 9.17) is 4.74 Å². The Kier molecular flexibility index (Phi) is 4.68. The maximum Gasteiger partial charge on any atom is 0.137 e. The largest absolute Gasteiger partial charge is 0.382 e. The minimum absolute atomic E-state index is 0.579. The van der Waals surface area contributed by atoms with Crippen molar-refractivity contribution in [1.82, 2.24) is 19.7 Å². The number of piperidine rings is 1. The van der Waals surface area contributed by atoms with Gasteiger partial charge in [-0.25, -0.2) is 0 Å². The molecule has 1 atom stereocenters. The number of fused-ring (bicyclic) bond motifs is 1. The highest BCUT2D eigenvalue weighted by Crippen LogP contribution is 2.28. The highest BCUT2D eigenvalue weighted by molar-refractivity contribution is 5.07. The van der Waals surface area contributed by atoms with Crippen LogP contribution in [0, 0.1) is 0 Å². The lowest BCUT2D eigenvalue weighted by Gasteiger charge is -2.32. The van der Waals surface area contributed by atoms with Gasteiger partial charge in [0, 0.05) is 45.2 Å². The Balaban J connectivity index is 1.55. The molecule has 1 fully saturated rings. The monoisotopic (exact) mass is 278 g/mol. The quantitative estimate of drug-likeness (QED) is 0.745. The number of hydrogen-bond acceptors (Lipinski definition) is 4. The predicted octanol–water partition coefficient (Wildman–Crippen LogP) is 1.83. The van der Waals surface area contributed by atoms with Crippen molar-refractivity contribution >= 4 is 0 Å². The molecule has 112 valence electrons. The molecular weight excluding hydrogens is 252 g/mol. The van der Waals surface area contributed by atoms with Crippen LogP contribution in [0.1, 0.15) is 50.2 Å². The highest BCUT2D eigenvalue weighted by Gasteiger charge is 2.27. The smallest absolute Gasteiger partial charge is 0.137 e. The first-order chi connectivity index (χ1) is 9.88. The Hall–Kier alpha value is -0.940. The number of aromatic nitrogens is 3. The molecule has 0 N–H and O–H groups in total. The first-order valence-electron chi connectivity index (χ1n) is 8.10. The summed E-state index contributed by atoms with van der Waals surface area (Å²) in [5.41, 5.74) is 0. The topological polar surface area (TPSA) is 43.2 Å². The van der Waals surface area contributed by atoms with Crippen molar-refractivity contribution < 1.29 is 4.74 Å². The van der Waals surface area contributed by atoms with E-state index in [2.05, 4.69) is 26.6 Å². The zero-order chi connectivity index (χ0) is 13.8. The van der Waals surface area contributed by atoms with Crippen molar-refractivity contribution in [1.29, 1.82) is 0 Å². The molecule has 1 aromatic rings. The minimum Gasteiger partial charge on any atom is -0.382 e. The van der Waals surface area contributed by atoms with Crippen LogP contribution >= 0.6 is 0 Å². The first-order valence-corrected chi connectivity index (χ1v) is 8.10. The summed E-state index contributed by atoms with van der Waals surface area (Å²) in [6.07, 6.45) is 6.03. The van der Waals surface area contributed by atoms with Crippen molar-refractivity contribution in [2.24, 2.45) is 0 Å². The molecule has 3 heterocycles. The molecule has 0 bridgehead atoms. The standard InChI is InChI=1S/C15H26N4O/c1-2-20-11-5-9-18-8-3-6-13(12-18)15-17-16-14-7-4-10-19(14)15/h13H,2-12H2,1H3. The van der Waals surface area contributed by atoms with Crippen molar-refractivity contribution in [3.05, 3.63) is 11.6 Å². The summed E-state index contributed by atoms with van der Waals surface area (Å²) in [5, 5.41) is 8.83. The third kappa shape index (κ3) is 3.04. The molecule has 2 aliphatic rings. The molecule has 1 aromatic heterocycles. The van der Waals surface area contributed by atoms with Gasteiger partial charge < -0.3 is 14.2 Å². The highest BCUT2D eigenvalue weighted by atomic mass is 16.5. The van der Waals surface area contributed by atoms with Crippen LogP contribution < -0.4 is 0 Å². The van der Waals surface area contributed by atoms with E-state index in [1.165, 1.54) is 37.5 Å². The summed E-state index contributed by atoms with van der Waals surface area (Å²) in [6.45, 7) is 8.42. The molecule has 0 aliphatic carbocycles. The van der Waals surface area contributed by atoms with Gasteiger partial charge in [-0.15, -0.1) is 10.2 Å². The Morgan fingerprint density at radius 2 is 2.20 bits per heavy atom. The Morgan fingerprint density at radius 1 is 1.25 bits per heavy atom. The molecule has 1 unspecified atom stereocenters. The van der Waals surface area contributed by atoms with Crippen LogP contribution in [0.2, 0.25) is 0 Å². The SMILES string of the molecule is CCOCCCN1CCCC(c2nnc3n2CCC3)C1. The number of hydrogen-bond donors (Lipinski definition) is 0. The molecule has 1 saturated heterocycles. The second kappa shape index (κ2) is 6.68. The lowest BCUT2D eigenvalue weighted by Crippen LogP contribution is -2.36. The number of rotatable bonds is 6. The summed E-state index contributed by atoms with van der Waals surface area (Å²) < 4.78 is 7.80. The van der Waals surface area contributed by atoms with E-state index in [0.717, 1.165) is 45.7 Å². The Morgan fingerprint density at radius 3 is 3.10 bits per heavy atom. The Labute approximate surface area is 121 Å². The van der Waals surface area contributed by atoms with Gasteiger partial charge in [-0.1, -0.05) is 0 Å². The van der Waals surface area contributed by atoms with E-state index in [1.54, 1.807) is 0 Å². The van der Waals surface area contributed by atoms with Crippen LogP contribution in [0.25, 0.3) is 0 Å². The summed E-state index contributed by atoms with van der Waals surface area (Å²) in [5.74, 6) is 3.02. The Bertz CT molecular complexity index is 432. The van der Waals surface area contributed by atoms with E-state index >= 15 is 0 Å². The minimum atomic E-state index is 0.579. The maximum atomic E-state index is 5.43. The second-order valence-electron chi connectivity index (χ2n) is 5.92. The van der Waals surface area contributed by atoms with Gasteiger partial charge in [-0.3, -0.25) is 0 Å². The molecule has 5 nitrogen and oxygen atoms in total. The van der Waals surface area contributed by atoms with E-state index < -0.39 is 0 Å².